The van der Waals surface area contributed by atoms with Crippen molar-refractivity contribution in [2.24, 2.45) is 0 Å². The molecule has 0 saturated carbocycles. The van der Waals surface area contributed by atoms with Crippen LogP contribution in [-0.2, 0) is 0 Å². The minimum atomic E-state index is -0.665. The number of phenolic OH excluding ortho intramolecular Hbond substituents is 5. The molecule has 1 unspecified atom stereocenters. The molecule has 0 spiro atoms. The zero-order chi connectivity index (χ0) is 28.1. The molecule has 1 aromatic heterocycles. The maximum Gasteiger partial charge on any atom is 0.211 e. The van der Waals surface area contributed by atoms with E-state index < -0.39 is 34.6 Å². The van der Waals surface area contributed by atoms with Crippen molar-refractivity contribution in [3.8, 4) is 57.3 Å². The molecule has 5 N–H and O–H groups in total. The minimum absolute atomic E-state index is 0.00349. The first-order chi connectivity index (χ1) is 19.2. The molecule has 1 atom stereocenters. The summed E-state index contributed by atoms with van der Waals surface area (Å²) in [6, 6.07) is 17.0. The second-order valence-electron chi connectivity index (χ2n) is 9.21. The van der Waals surface area contributed by atoms with Gasteiger partial charge in [0.25, 0.3) is 0 Å². The Kier molecular flexibility index (Phi) is 5.73. The maximum absolute atomic E-state index is 12.9. The van der Waals surface area contributed by atoms with Crippen LogP contribution in [-0.4, -0.2) is 31.3 Å². The van der Waals surface area contributed by atoms with Gasteiger partial charge in [0.15, 0.2) is 22.7 Å². The van der Waals surface area contributed by atoms with Crippen LogP contribution in [0, 0.1) is 0 Å². The average molecular weight is 540 g/mol. The van der Waals surface area contributed by atoms with Gasteiger partial charge in [-0.25, -0.2) is 0 Å². The molecule has 10 heteroatoms. The Morgan fingerprint density at radius 2 is 1.50 bits per heavy atom. The summed E-state index contributed by atoms with van der Waals surface area (Å²) in [5.41, 5.74) is 0.495. The van der Waals surface area contributed by atoms with E-state index in [-0.39, 0.29) is 57.5 Å². The summed E-state index contributed by atoms with van der Waals surface area (Å²) in [5.74, 6) is -2.03. The van der Waals surface area contributed by atoms with Gasteiger partial charge >= 0.3 is 0 Å². The fraction of sp³-hybridized carbons (Fsp3) is 0.0667. The summed E-state index contributed by atoms with van der Waals surface area (Å²) < 4.78 is 17.3. The molecule has 2 heterocycles. The highest BCUT2D eigenvalue weighted by molar-refractivity contribution is 6.03. The Morgan fingerprint density at radius 1 is 0.775 bits per heavy atom. The van der Waals surface area contributed by atoms with Crippen molar-refractivity contribution >= 4 is 16.8 Å². The van der Waals surface area contributed by atoms with Gasteiger partial charge in [-0.2, -0.15) is 0 Å². The van der Waals surface area contributed by atoms with Crippen molar-refractivity contribution in [3.05, 3.63) is 94.1 Å². The molecule has 10 nitrogen and oxygen atoms in total. The van der Waals surface area contributed by atoms with Crippen LogP contribution in [0.1, 0.15) is 28.4 Å². The number of hydrogen-bond acceptors (Lipinski definition) is 10. The minimum Gasteiger partial charge on any atom is -0.508 e. The monoisotopic (exact) mass is 540 g/mol. The molecule has 200 valence electrons. The molecule has 4 aromatic carbocycles. The van der Waals surface area contributed by atoms with Crippen molar-refractivity contribution in [1.29, 1.82) is 0 Å². The van der Waals surface area contributed by atoms with Crippen LogP contribution < -0.4 is 14.9 Å². The van der Waals surface area contributed by atoms with Crippen molar-refractivity contribution in [2.75, 3.05) is 0 Å². The first-order valence-corrected chi connectivity index (χ1v) is 12.0. The lowest BCUT2D eigenvalue weighted by atomic mass is 9.95. The van der Waals surface area contributed by atoms with E-state index in [2.05, 4.69) is 0 Å². The fourth-order valence-corrected chi connectivity index (χ4v) is 4.62. The smallest absolute Gasteiger partial charge is 0.211 e. The Hall–Kier alpha value is -5.64. The molecule has 1 aliphatic heterocycles. The zero-order valence-electron chi connectivity index (χ0n) is 20.5. The molecule has 0 saturated heterocycles. The normalized spacial score (nSPS) is 14.5. The Balaban J connectivity index is 1.28. The van der Waals surface area contributed by atoms with Crippen LogP contribution in [0.15, 0.2) is 82.0 Å². The number of benzene rings is 4. The number of rotatable bonds is 4. The highest BCUT2D eigenvalue weighted by Gasteiger charge is 2.33. The highest BCUT2D eigenvalue weighted by Crippen LogP contribution is 2.49. The summed E-state index contributed by atoms with van der Waals surface area (Å²) in [6.07, 6.45) is -0.738. The van der Waals surface area contributed by atoms with Crippen molar-refractivity contribution < 1.29 is 44.2 Å². The molecule has 6 rings (SSSR count). The predicted octanol–water partition coefficient (Wildman–Crippen LogP) is 5.49. The van der Waals surface area contributed by atoms with Gasteiger partial charge in [0.1, 0.15) is 57.1 Å². The lowest BCUT2D eigenvalue weighted by Crippen LogP contribution is -2.20. The number of aromatic hydroxyl groups is 5. The molecular formula is C30H20O10. The molecule has 0 aliphatic carbocycles. The Bertz CT molecular complexity index is 1850. The topological polar surface area (TPSA) is 167 Å². The number of Topliss-reactive ketones (excluding diaryl/α,β-unsaturated/α-hetero) is 1. The van der Waals surface area contributed by atoms with Gasteiger partial charge in [-0.1, -0.05) is 12.1 Å². The predicted molar refractivity (Wildman–Crippen MR) is 142 cm³/mol. The number of ether oxygens (including phenoxy) is 2. The van der Waals surface area contributed by atoms with E-state index in [0.29, 0.717) is 11.1 Å². The molecule has 5 aromatic rings. The molecule has 1 aliphatic rings. The van der Waals surface area contributed by atoms with Crippen LogP contribution in [0.2, 0.25) is 0 Å². The van der Waals surface area contributed by atoms with Crippen molar-refractivity contribution in [1.82, 2.24) is 0 Å². The lowest BCUT2D eigenvalue weighted by molar-refractivity contribution is 0.0843. The summed E-state index contributed by atoms with van der Waals surface area (Å²) >= 11 is 0. The van der Waals surface area contributed by atoms with Crippen LogP contribution in [0.25, 0.3) is 22.3 Å². The molecule has 40 heavy (non-hydrogen) atoms. The van der Waals surface area contributed by atoms with E-state index in [9.17, 15) is 35.1 Å². The number of carbonyl (C=O) groups is 1. The number of hydrogen-bond donors (Lipinski definition) is 5. The van der Waals surface area contributed by atoms with E-state index in [1.165, 1.54) is 42.5 Å². The number of fused-ring (bicyclic) bond motifs is 2. The quantitative estimate of drug-likeness (QED) is 0.197. The van der Waals surface area contributed by atoms with Crippen molar-refractivity contribution in [3.63, 3.8) is 0 Å². The SMILES string of the molecule is O=C1CC(c2ccc(O)cc2)Oc2cc(O)c(Oc3ccc(-c4cc(=O)c5c(O)cc(O)cc5o4)cc3)c(O)c21. The van der Waals surface area contributed by atoms with Gasteiger partial charge in [-0.3, -0.25) is 9.59 Å². The highest BCUT2D eigenvalue weighted by atomic mass is 16.5. The lowest BCUT2D eigenvalue weighted by Gasteiger charge is -2.27. The average Bonchev–Trinajstić information content (AvgIpc) is 2.90. The maximum atomic E-state index is 12.9. The standard InChI is InChI=1S/C30H20O10/c31-16-5-1-14(2-6-16)24-12-21(35)28-26(40-24)13-22(36)30(29(28)37)38-18-7-3-15(4-8-18)23-11-20(34)27-19(33)9-17(32)10-25(27)39-23/h1-11,13,24,31-33,36-37H,12H2. The zero-order valence-corrected chi connectivity index (χ0v) is 20.5. The largest absolute Gasteiger partial charge is 0.508 e. The summed E-state index contributed by atoms with van der Waals surface area (Å²) in [5, 5.41) is 50.6. The summed E-state index contributed by atoms with van der Waals surface area (Å²) in [6.45, 7) is 0. The second-order valence-corrected chi connectivity index (χ2v) is 9.21. The number of ketones is 1. The van der Waals surface area contributed by atoms with Gasteiger partial charge < -0.3 is 39.4 Å². The van der Waals surface area contributed by atoms with Crippen LogP contribution >= 0.6 is 0 Å². The van der Waals surface area contributed by atoms with Gasteiger partial charge in [0.05, 0.1) is 6.42 Å². The third-order valence-electron chi connectivity index (χ3n) is 6.54. The van der Waals surface area contributed by atoms with Gasteiger partial charge in [-0.15, -0.1) is 0 Å². The Labute approximate surface area is 225 Å². The third-order valence-corrected chi connectivity index (χ3v) is 6.54. The van der Waals surface area contributed by atoms with Crippen molar-refractivity contribution in [2.45, 2.75) is 12.5 Å². The Morgan fingerprint density at radius 3 is 2.23 bits per heavy atom. The first kappa shape index (κ1) is 24.7. The van der Waals surface area contributed by atoms with Gasteiger partial charge in [0.2, 0.25) is 5.75 Å². The third kappa shape index (κ3) is 4.27. The molecule has 0 fully saturated rings. The number of phenols is 5. The molecular weight excluding hydrogens is 520 g/mol. The first-order valence-electron chi connectivity index (χ1n) is 12.0. The summed E-state index contributed by atoms with van der Waals surface area (Å²) in [4.78, 5) is 25.5. The van der Waals surface area contributed by atoms with E-state index in [4.69, 9.17) is 13.9 Å². The van der Waals surface area contributed by atoms with E-state index in [1.54, 1.807) is 24.3 Å². The van der Waals surface area contributed by atoms with E-state index in [0.717, 1.165) is 6.07 Å². The molecule has 0 radical (unpaired) electrons. The summed E-state index contributed by atoms with van der Waals surface area (Å²) in [7, 11) is 0. The number of carbonyl (C=O) groups excluding carboxylic acids is 1. The molecule has 0 bridgehead atoms. The van der Waals surface area contributed by atoms with Crippen LogP contribution in [0.4, 0.5) is 0 Å². The van der Waals surface area contributed by atoms with Crippen LogP contribution in [0.5, 0.6) is 46.0 Å². The van der Waals surface area contributed by atoms with E-state index >= 15 is 0 Å². The van der Waals surface area contributed by atoms with Gasteiger partial charge in [-0.05, 0) is 42.0 Å². The second kappa shape index (κ2) is 9.28. The van der Waals surface area contributed by atoms with E-state index in [1.807, 2.05) is 0 Å². The van der Waals surface area contributed by atoms with Gasteiger partial charge in [0, 0.05) is 29.8 Å². The fourth-order valence-electron chi connectivity index (χ4n) is 4.62. The van der Waals surface area contributed by atoms with Crippen LogP contribution in [0.3, 0.4) is 0 Å². The molecule has 0 amide bonds.